The summed E-state index contributed by atoms with van der Waals surface area (Å²) in [5.41, 5.74) is 0.488. The monoisotopic (exact) mass is 388 g/mol. The number of esters is 3. The van der Waals surface area contributed by atoms with E-state index in [1.54, 1.807) is 12.5 Å². The molecule has 1 aromatic rings. The molecule has 2 saturated carbocycles. The van der Waals surface area contributed by atoms with Crippen LogP contribution in [0.25, 0.3) is 0 Å². The summed E-state index contributed by atoms with van der Waals surface area (Å²) in [6, 6.07) is 1.82. The third-order valence-electron chi connectivity index (χ3n) is 7.49. The van der Waals surface area contributed by atoms with Gasteiger partial charge in [0.15, 0.2) is 0 Å². The number of hydrogen-bond acceptors (Lipinski definition) is 7. The molecule has 1 aromatic heterocycles. The predicted molar refractivity (Wildman–Crippen MR) is 93.5 cm³/mol. The summed E-state index contributed by atoms with van der Waals surface area (Å²) in [6.45, 7) is 3.50. The van der Waals surface area contributed by atoms with Crippen LogP contribution in [0.1, 0.15) is 51.2 Å². The van der Waals surface area contributed by atoms with Gasteiger partial charge in [0.25, 0.3) is 0 Å². The van der Waals surface area contributed by atoms with Gasteiger partial charge < -0.3 is 18.6 Å². The highest BCUT2D eigenvalue weighted by atomic mass is 16.6. The lowest BCUT2D eigenvalue weighted by molar-refractivity contribution is -0.207. The molecule has 0 spiro atoms. The molecule has 4 aliphatic rings. The summed E-state index contributed by atoms with van der Waals surface area (Å²) >= 11 is 0. The molecule has 7 heteroatoms. The fourth-order valence-corrected chi connectivity index (χ4v) is 6.31. The number of cyclic esters (lactones) is 1. The Kier molecular flexibility index (Phi) is 3.87. The second kappa shape index (κ2) is 6.09. The average molecular weight is 388 g/mol. The van der Waals surface area contributed by atoms with Crippen LogP contribution in [0.15, 0.2) is 23.0 Å². The van der Waals surface area contributed by atoms with E-state index in [1.807, 2.05) is 6.07 Å². The number of ether oxygens (including phenoxy) is 3. The lowest BCUT2D eigenvalue weighted by atomic mass is 9.48. The van der Waals surface area contributed by atoms with E-state index in [0.29, 0.717) is 25.7 Å². The van der Waals surface area contributed by atoms with Crippen molar-refractivity contribution in [3.05, 3.63) is 24.2 Å². The van der Waals surface area contributed by atoms with Crippen molar-refractivity contribution >= 4 is 17.9 Å². The summed E-state index contributed by atoms with van der Waals surface area (Å²) in [6.07, 6.45) is 4.67. The summed E-state index contributed by atoms with van der Waals surface area (Å²) in [7, 11) is 0. The number of rotatable bonds is 2. The molecule has 28 heavy (non-hydrogen) atoms. The van der Waals surface area contributed by atoms with Gasteiger partial charge in [0.1, 0.15) is 18.3 Å². The van der Waals surface area contributed by atoms with Crippen LogP contribution in [0.5, 0.6) is 0 Å². The highest BCUT2D eigenvalue weighted by Crippen LogP contribution is 2.62. The molecule has 3 heterocycles. The number of carbonyl (C=O) groups is 3. The average Bonchev–Trinajstić information content (AvgIpc) is 3.25. The Bertz CT molecular complexity index is 815. The SMILES string of the molecule is CC(=O)O[C@H]1C[C@@H]2C(=O)O[C@H](c3ccoc3)C[C@@]2(C)[C@@H]2C[C@@H]3C[C@@H](C(=O)O3)[C@@H]12. The maximum Gasteiger partial charge on any atom is 0.310 e. The molecule has 7 nitrogen and oxygen atoms in total. The topological polar surface area (TPSA) is 92.0 Å². The number of carbonyl (C=O) groups excluding carboxylic acids is 3. The quantitative estimate of drug-likeness (QED) is 0.568. The Morgan fingerprint density at radius 2 is 2.00 bits per heavy atom. The number of furan rings is 1. The second-order valence-electron chi connectivity index (χ2n) is 8.95. The van der Waals surface area contributed by atoms with Crippen molar-refractivity contribution < 1.29 is 33.0 Å². The van der Waals surface area contributed by atoms with Crippen LogP contribution >= 0.6 is 0 Å². The maximum atomic E-state index is 13.0. The summed E-state index contributed by atoms with van der Waals surface area (Å²) in [4.78, 5) is 37.2. The molecule has 150 valence electrons. The Labute approximate surface area is 162 Å². The first kappa shape index (κ1) is 17.8. The van der Waals surface area contributed by atoms with Crippen molar-refractivity contribution in [3.8, 4) is 0 Å². The van der Waals surface area contributed by atoms with Crippen LogP contribution < -0.4 is 0 Å². The van der Waals surface area contributed by atoms with Gasteiger partial charge in [-0.25, -0.2) is 0 Å². The standard InChI is InChI=1S/C21H24O7/c1-10(22)26-16-7-15-20(24)28-17(11-3-4-25-9-11)8-21(15,2)14-6-12-5-13(18(14)16)19(23)27-12/h3-4,9,12-18H,5-8H2,1-2H3/t12-,13+,14+,15+,16-,17-,18+,21-/m0/s1. The zero-order valence-corrected chi connectivity index (χ0v) is 16.0. The summed E-state index contributed by atoms with van der Waals surface area (Å²) in [5.74, 6) is -1.55. The fourth-order valence-electron chi connectivity index (χ4n) is 6.31. The molecule has 2 saturated heterocycles. The van der Waals surface area contributed by atoms with Crippen LogP contribution in [-0.4, -0.2) is 30.1 Å². The molecule has 0 radical (unpaired) electrons. The normalized spacial score (nSPS) is 44.1. The Morgan fingerprint density at radius 1 is 1.18 bits per heavy atom. The van der Waals surface area contributed by atoms with Gasteiger partial charge in [-0.1, -0.05) is 6.92 Å². The third kappa shape index (κ3) is 2.51. The van der Waals surface area contributed by atoms with Crippen molar-refractivity contribution in [2.75, 3.05) is 0 Å². The van der Waals surface area contributed by atoms with Crippen molar-refractivity contribution in [1.29, 1.82) is 0 Å². The molecule has 5 rings (SSSR count). The maximum absolute atomic E-state index is 13.0. The molecule has 2 bridgehead atoms. The smallest absolute Gasteiger partial charge is 0.310 e. The Morgan fingerprint density at radius 3 is 2.71 bits per heavy atom. The van der Waals surface area contributed by atoms with Crippen molar-refractivity contribution in [1.82, 2.24) is 0 Å². The van der Waals surface area contributed by atoms with E-state index < -0.39 is 6.10 Å². The van der Waals surface area contributed by atoms with Gasteiger partial charge in [0, 0.05) is 18.4 Å². The van der Waals surface area contributed by atoms with Crippen molar-refractivity contribution in [2.24, 2.45) is 29.1 Å². The van der Waals surface area contributed by atoms with Crippen molar-refractivity contribution in [3.63, 3.8) is 0 Å². The van der Waals surface area contributed by atoms with Gasteiger partial charge in [0.2, 0.25) is 0 Å². The lowest BCUT2D eigenvalue weighted by Crippen LogP contribution is -2.59. The molecule has 4 fully saturated rings. The first-order valence-electron chi connectivity index (χ1n) is 9.97. The predicted octanol–water partition coefficient (Wildman–Crippen LogP) is 2.79. The van der Waals surface area contributed by atoms with Crippen LogP contribution in [0.2, 0.25) is 0 Å². The largest absolute Gasteiger partial charge is 0.472 e. The zero-order chi connectivity index (χ0) is 19.6. The van der Waals surface area contributed by atoms with E-state index >= 15 is 0 Å². The fraction of sp³-hybridized carbons (Fsp3) is 0.667. The molecular weight excluding hydrogens is 364 g/mol. The van der Waals surface area contributed by atoms with Gasteiger partial charge in [-0.2, -0.15) is 0 Å². The third-order valence-corrected chi connectivity index (χ3v) is 7.49. The number of fused-ring (bicyclic) bond motifs is 6. The summed E-state index contributed by atoms with van der Waals surface area (Å²) < 4.78 is 22.1. The minimum absolute atomic E-state index is 0.0491. The molecule has 2 aliphatic carbocycles. The van der Waals surface area contributed by atoms with E-state index in [2.05, 4.69) is 6.92 Å². The van der Waals surface area contributed by atoms with E-state index in [0.717, 1.165) is 5.56 Å². The summed E-state index contributed by atoms with van der Waals surface area (Å²) in [5, 5.41) is 0. The minimum Gasteiger partial charge on any atom is -0.472 e. The molecular formula is C21H24O7. The first-order valence-corrected chi connectivity index (χ1v) is 9.97. The Hall–Kier alpha value is -2.31. The van der Waals surface area contributed by atoms with E-state index in [9.17, 15) is 14.4 Å². The van der Waals surface area contributed by atoms with Gasteiger partial charge in [-0.05, 0) is 43.1 Å². The highest BCUT2D eigenvalue weighted by Gasteiger charge is 2.65. The molecule has 0 amide bonds. The minimum atomic E-state index is -0.463. The first-order chi connectivity index (χ1) is 13.4. The molecule has 2 aliphatic heterocycles. The molecule has 0 unspecified atom stereocenters. The van der Waals surface area contributed by atoms with Crippen LogP contribution in [0.3, 0.4) is 0 Å². The van der Waals surface area contributed by atoms with E-state index in [4.69, 9.17) is 18.6 Å². The highest BCUT2D eigenvalue weighted by molar-refractivity contribution is 5.78. The van der Waals surface area contributed by atoms with Crippen LogP contribution in [0, 0.1) is 29.1 Å². The second-order valence-corrected chi connectivity index (χ2v) is 8.95. The Balaban J connectivity index is 1.54. The molecule has 0 aromatic carbocycles. The van der Waals surface area contributed by atoms with Gasteiger partial charge in [-0.15, -0.1) is 0 Å². The van der Waals surface area contributed by atoms with Crippen molar-refractivity contribution in [2.45, 2.75) is 57.8 Å². The number of hydrogen-bond donors (Lipinski definition) is 0. The zero-order valence-electron chi connectivity index (χ0n) is 16.0. The van der Waals surface area contributed by atoms with Gasteiger partial charge in [0.05, 0.1) is 24.4 Å². The molecule has 0 N–H and O–H groups in total. The van der Waals surface area contributed by atoms with Gasteiger partial charge >= 0.3 is 17.9 Å². The van der Waals surface area contributed by atoms with Gasteiger partial charge in [-0.3, -0.25) is 14.4 Å². The lowest BCUT2D eigenvalue weighted by Gasteiger charge is -2.57. The van der Waals surface area contributed by atoms with Crippen LogP contribution in [0.4, 0.5) is 0 Å². The van der Waals surface area contributed by atoms with E-state index in [1.165, 1.54) is 6.92 Å². The van der Waals surface area contributed by atoms with E-state index in [-0.39, 0.29) is 59.2 Å². The van der Waals surface area contributed by atoms with Crippen LogP contribution in [-0.2, 0) is 28.6 Å². The molecule has 8 atom stereocenters.